The summed E-state index contributed by atoms with van der Waals surface area (Å²) in [6, 6.07) is 0. The number of ether oxygens (including phenoxy) is 2. The lowest BCUT2D eigenvalue weighted by atomic mass is 10.3. The molecule has 0 radical (unpaired) electrons. The van der Waals surface area contributed by atoms with Gasteiger partial charge in [-0.3, -0.25) is 0 Å². The van der Waals surface area contributed by atoms with Crippen LogP contribution in [-0.2, 0) is 9.47 Å². The van der Waals surface area contributed by atoms with Crippen molar-refractivity contribution < 1.29 is 14.3 Å². The summed E-state index contributed by atoms with van der Waals surface area (Å²) in [4.78, 5) is 16.9. The van der Waals surface area contributed by atoms with Crippen molar-refractivity contribution in [1.29, 1.82) is 0 Å². The van der Waals surface area contributed by atoms with Gasteiger partial charge in [0, 0.05) is 16.4 Å². The Balaban J connectivity index is 2.14. The van der Waals surface area contributed by atoms with E-state index in [1.807, 2.05) is 18.7 Å². The first-order chi connectivity index (χ1) is 8.22. The highest BCUT2D eigenvalue weighted by molar-refractivity contribution is 7.99. The average Bonchev–Trinajstić information content (AvgIpc) is 2.73. The maximum Gasteiger partial charge on any atom is 0.358 e. The predicted octanol–water partition coefficient (Wildman–Crippen LogP) is 2.43. The summed E-state index contributed by atoms with van der Waals surface area (Å²) in [6.07, 6.45) is 0.0284. The fourth-order valence-corrected chi connectivity index (χ4v) is 3.49. The molecule has 17 heavy (non-hydrogen) atoms. The van der Waals surface area contributed by atoms with Crippen molar-refractivity contribution in [2.45, 2.75) is 20.0 Å². The number of carbonyl (C=O) groups is 1. The second-order valence-corrected chi connectivity index (χ2v) is 6.00. The van der Waals surface area contributed by atoms with E-state index in [0.717, 1.165) is 28.0 Å². The fourth-order valence-electron chi connectivity index (χ4n) is 1.57. The summed E-state index contributed by atoms with van der Waals surface area (Å²) in [5, 5.41) is 0.887. The third-order valence-electron chi connectivity index (χ3n) is 2.37. The topological polar surface area (TPSA) is 48.4 Å². The largest absolute Gasteiger partial charge is 0.461 e. The molecule has 2 rings (SSSR count). The van der Waals surface area contributed by atoms with Gasteiger partial charge in [0.2, 0.25) is 0 Å². The zero-order chi connectivity index (χ0) is 12.3. The van der Waals surface area contributed by atoms with Crippen LogP contribution >= 0.6 is 23.1 Å². The minimum Gasteiger partial charge on any atom is -0.461 e. The minimum absolute atomic E-state index is 0.0284. The van der Waals surface area contributed by atoms with Gasteiger partial charge in [-0.05, 0) is 13.8 Å². The molecule has 6 heteroatoms. The number of hydrogen-bond acceptors (Lipinski definition) is 6. The van der Waals surface area contributed by atoms with Gasteiger partial charge in [-0.1, -0.05) is 0 Å². The summed E-state index contributed by atoms with van der Waals surface area (Å²) >= 11 is 3.38. The lowest BCUT2D eigenvalue weighted by Gasteiger charge is -2.19. The molecule has 94 valence electrons. The first-order valence-corrected chi connectivity index (χ1v) is 7.53. The summed E-state index contributed by atoms with van der Waals surface area (Å²) in [5.74, 6) is 1.61. The highest BCUT2D eigenvalue weighted by atomic mass is 32.2. The average molecular weight is 273 g/mol. The molecule has 4 nitrogen and oxygen atoms in total. The molecule has 0 aromatic carbocycles. The number of esters is 1. The van der Waals surface area contributed by atoms with Crippen molar-refractivity contribution in [2.24, 2.45) is 0 Å². The van der Waals surface area contributed by atoms with Gasteiger partial charge in [-0.25, -0.2) is 9.78 Å². The van der Waals surface area contributed by atoms with Gasteiger partial charge in [-0.2, -0.15) is 11.8 Å². The van der Waals surface area contributed by atoms with Crippen LogP contribution in [0.15, 0.2) is 0 Å². The van der Waals surface area contributed by atoms with Crippen molar-refractivity contribution in [3.63, 3.8) is 0 Å². The minimum atomic E-state index is -0.337. The molecular formula is C11H15NO3S2. The maximum atomic E-state index is 11.6. The number of hydrogen-bond donors (Lipinski definition) is 0. The Bertz CT molecular complexity index is 399. The monoisotopic (exact) mass is 273 g/mol. The Morgan fingerprint density at radius 1 is 1.65 bits per heavy atom. The van der Waals surface area contributed by atoms with E-state index >= 15 is 0 Å². The molecule has 0 bridgehead atoms. The number of thioether (sulfide) groups is 1. The molecule has 0 aliphatic carbocycles. The van der Waals surface area contributed by atoms with Gasteiger partial charge < -0.3 is 9.47 Å². The number of nitrogens with zero attached hydrogens (tertiary/aromatic N) is 1. The van der Waals surface area contributed by atoms with Crippen LogP contribution < -0.4 is 0 Å². The van der Waals surface area contributed by atoms with E-state index in [4.69, 9.17) is 9.47 Å². The molecule has 1 fully saturated rings. The van der Waals surface area contributed by atoms with Crippen LogP contribution in [0.2, 0.25) is 0 Å². The van der Waals surface area contributed by atoms with Crippen LogP contribution in [0, 0.1) is 6.92 Å². The number of aryl methyl sites for hydroxylation is 1. The summed E-state index contributed by atoms with van der Waals surface area (Å²) in [5.41, 5.74) is 0.436. The van der Waals surface area contributed by atoms with Crippen molar-refractivity contribution in [3.05, 3.63) is 15.6 Å². The van der Waals surface area contributed by atoms with E-state index in [0.29, 0.717) is 12.3 Å². The van der Waals surface area contributed by atoms with Crippen LogP contribution in [0.1, 0.15) is 33.4 Å². The van der Waals surface area contributed by atoms with E-state index < -0.39 is 0 Å². The lowest BCUT2D eigenvalue weighted by Crippen LogP contribution is -2.15. The van der Waals surface area contributed by atoms with Gasteiger partial charge in [0.1, 0.15) is 11.1 Å². The molecule has 1 aromatic rings. The Kier molecular flexibility index (Phi) is 4.42. The Hall–Kier alpha value is -0.590. The van der Waals surface area contributed by atoms with Crippen LogP contribution in [0.25, 0.3) is 0 Å². The van der Waals surface area contributed by atoms with Gasteiger partial charge in [-0.15, -0.1) is 11.3 Å². The van der Waals surface area contributed by atoms with E-state index in [9.17, 15) is 4.79 Å². The molecule has 0 N–H and O–H groups in total. The molecule has 0 saturated carbocycles. The number of rotatable bonds is 3. The van der Waals surface area contributed by atoms with Crippen LogP contribution in [0.3, 0.4) is 0 Å². The normalized spacial score (nSPS) is 20.2. The lowest BCUT2D eigenvalue weighted by molar-refractivity contribution is 0.0516. The van der Waals surface area contributed by atoms with Gasteiger partial charge in [0.05, 0.1) is 13.2 Å². The molecular weight excluding hydrogens is 258 g/mol. The molecule has 1 unspecified atom stereocenters. The second-order valence-electron chi connectivity index (χ2n) is 3.61. The van der Waals surface area contributed by atoms with Gasteiger partial charge in [0.25, 0.3) is 0 Å². The maximum absolute atomic E-state index is 11.6. The van der Waals surface area contributed by atoms with E-state index in [1.54, 1.807) is 6.92 Å². The molecule has 1 saturated heterocycles. The third kappa shape index (κ3) is 3.00. The second kappa shape index (κ2) is 5.84. The van der Waals surface area contributed by atoms with Gasteiger partial charge in [0.15, 0.2) is 5.69 Å². The standard InChI is InChI=1S/C11H15NO3S2/c1-3-14-11(13)9-7(2)17-10(12-9)8-6-16-5-4-15-8/h8H,3-6H2,1-2H3. The van der Waals surface area contributed by atoms with Crippen molar-refractivity contribution in [3.8, 4) is 0 Å². The highest BCUT2D eigenvalue weighted by Crippen LogP contribution is 2.31. The molecule has 2 heterocycles. The number of aromatic nitrogens is 1. The van der Waals surface area contributed by atoms with E-state index in [2.05, 4.69) is 4.98 Å². The summed E-state index contributed by atoms with van der Waals surface area (Å²) in [6.45, 7) is 4.81. The molecule has 0 spiro atoms. The van der Waals surface area contributed by atoms with Crippen LogP contribution in [-0.4, -0.2) is 35.7 Å². The van der Waals surface area contributed by atoms with Crippen molar-refractivity contribution >= 4 is 29.1 Å². The van der Waals surface area contributed by atoms with Crippen LogP contribution in [0.4, 0.5) is 0 Å². The van der Waals surface area contributed by atoms with Crippen molar-refractivity contribution in [1.82, 2.24) is 4.98 Å². The summed E-state index contributed by atoms with van der Waals surface area (Å²) < 4.78 is 10.6. The van der Waals surface area contributed by atoms with E-state index in [1.165, 1.54) is 11.3 Å². The molecule has 0 amide bonds. The fraction of sp³-hybridized carbons (Fsp3) is 0.636. The van der Waals surface area contributed by atoms with Gasteiger partial charge >= 0.3 is 5.97 Å². The summed E-state index contributed by atoms with van der Waals surface area (Å²) in [7, 11) is 0. The Labute approximate surface area is 109 Å². The SMILES string of the molecule is CCOC(=O)c1nc(C2CSCCO2)sc1C. The molecule has 1 atom stereocenters. The Morgan fingerprint density at radius 2 is 2.47 bits per heavy atom. The van der Waals surface area contributed by atoms with Crippen molar-refractivity contribution in [2.75, 3.05) is 24.7 Å². The molecule has 1 aliphatic heterocycles. The van der Waals surface area contributed by atoms with E-state index in [-0.39, 0.29) is 12.1 Å². The predicted molar refractivity (Wildman–Crippen MR) is 68.8 cm³/mol. The Morgan fingerprint density at radius 3 is 3.12 bits per heavy atom. The number of carbonyl (C=O) groups excluding carboxylic acids is 1. The zero-order valence-corrected chi connectivity index (χ0v) is 11.5. The molecule has 1 aliphatic rings. The molecule has 1 aromatic heterocycles. The first-order valence-electron chi connectivity index (χ1n) is 5.56. The quantitative estimate of drug-likeness (QED) is 0.792. The number of thiazole rings is 1. The van der Waals surface area contributed by atoms with Crippen LogP contribution in [0.5, 0.6) is 0 Å². The smallest absolute Gasteiger partial charge is 0.358 e. The highest BCUT2D eigenvalue weighted by Gasteiger charge is 2.24. The first kappa shape index (κ1) is 12.9. The zero-order valence-electron chi connectivity index (χ0n) is 9.89. The third-order valence-corrected chi connectivity index (χ3v) is 4.43.